The standard InChI is InChI=1S/C12H11BrF2O/c1-2-3-4-8(16)7-9-11(14)6-5-10(13)12(9)15/h3-6H,2,7H2,1H3/b4-3+. The van der Waals surface area contributed by atoms with Crippen LogP contribution in [0.15, 0.2) is 28.8 Å². The zero-order valence-corrected chi connectivity index (χ0v) is 10.4. The summed E-state index contributed by atoms with van der Waals surface area (Å²) in [6, 6.07) is 2.42. The van der Waals surface area contributed by atoms with Crippen LogP contribution in [0.25, 0.3) is 0 Å². The molecule has 0 saturated carbocycles. The Hall–Kier alpha value is -1.03. The minimum atomic E-state index is -0.710. The van der Waals surface area contributed by atoms with E-state index >= 15 is 0 Å². The van der Waals surface area contributed by atoms with Gasteiger partial charge in [0.1, 0.15) is 11.6 Å². The van der Waals surface area contributed by atoms with E-state index in [-0.39, 0.29) is 22.2 Å². The van der Waals surface area contributed by atoms with Crippen molar-refractivity contribution < 1.29 is 13.6 Å². The van der Waals surface area contributed by atoms with Crippen molar-refractivity contribution in [1.82, 2.24) is 0 Å². The second-order valence-electron chi connectivity index (χ2n) is 3.28. The number of halogens is 3. The summed E-state index contributed by atoms with van der Waals surface area (Å²) < 4.78 is 26.9. The Kier molecular flexibility index (Phi) is 4.80. The lowest BCUT2D eigenvalue weighted by atomic mass is 10.1. The van der Waals surface area contributed by atoms with Crippen molar-refractivity contribution in [2.75, 3.05) is 0 Å². The average Bonchev–Trinajstić information content (AvgIpc) is 2.27. The van der Waals surface area contributed by atoms with Crippen molar-refractivity contribution in [2.24, 2.45) is 0 Å². The van der Waals surface area contributed by atoms with Crippen LogP contribution in [-0.4, -0.2) is 5.78 Å². The van der Waals surface area contributed by atoms with Gasteiger partial charge in [-0.05, 0) is 40.6 Å². The topological polar surface area (TPSA) is 17.1 Å². The number of carbonyl (C=O) groups excluding carboxylic acids is 1. The lowest BCUT2D eigenvalue weighted by molar-refractivity contribution is -0.114. The van der Waals surface area contributed by atoms with E-state index in [4.69, 9.17) is 0 Å². The molecule has 1 rings (SSSR count). The molecule has 0 heterocycles. The van der Waals surface area contributed by atoms with Gasteiger partial charge in [0.2, 0.25) is 0 Å². The predicted octanol–water partition coefficient (Wildman–Crippen LogP) is 3.81. The van der Waals surface area contributed by atoms with Crippen molar-refractivity contribution in [3.63, 3.8) is 0 Å². The highest BCUT2D eigenvalue weighted by molar-refractivity contribution is 9.10. The van der Waals surface area contributed by atoms with Crippen LogP contribution in [0.1, 0.15) is 18.9 Å². The Balaban J connectivity index is 2.93. The maximum atomic E-state index is 13.5. The molecule has 0 aliphatic rings. The summed E-state index contributed by atoms with van der Waals surface area (Å²) in [4.78, 5) is 11.4. The number of carbonyl (C=O) groups is 1. The minimum Gasteiger partial charge on any atom is -0.294 e. The number of rotatable bonds is 4. The lowest BCUT2D eigenvalue weighted by Gasteiger charge is -2.04. The molecule has 0 unspecified atom stereocenters. The predicted molar refractivity (Wildman–Crippen MR) is 62.2 cm³/mol. The number of allylic oxidation sites excluding steroid dienone is 2. The first-order chi connectivity index (χ1) is 7.56. The Bertz CT molecular complexity index is 427. The van der Waals surface area contributed by atoms with E-state index in [0.717, 1.165) is 12.5 Å². The molecule has 0 aliphatic carbocycles. The van der Waals surface area contributed by atoms with E-state index in [1.54, 1.807) is 6.08 Å². The molecular weight excluding hydrogens is 278 g/mol. The van der Waals surface area contributed by atoms with Crippen LogP contribution in [0.3, 0.4) is 0 Å². The van der Waals surface area contributed by atoms with Crippen molar-refractivity contribution in [3.05, 3.63) is 46.0 Å². The highest BCUT2D eigenvalue weighted by atomic mass is 79.9. The molecule has 0 spiro atoms. The molecular formula is C12H11BrF2O. The number of hydrogen-bond acceptors (Lipinski definition) is 1. The quantitative estimate of drug-likeness (QED) is 0.608. The first kappa shape index (κ1) is 13.0. The molecule has 0 aromatic heterocycles. The number of hydrogen-bond donors (Lipinski definition) is 0. The van der Waals surface area contributed by atoms with E-state index in [0.29, 0.717) is 0 Å². The largest absolute Gasteiger partial charge is 0.294 e. The second-order valence-corrected chi connectivity index (χ2v) is 4.13. The third-order valence-electron chi connectivity index (χ3n) is 2.03. The van der Waals surface area contributed by atoms with Crippen LogP contribution < -0.4 is 0 Å². The molecule has 16 heavy (non-hydrogen) atoms. The van der Waals surface area contributed by atoms with Crippen molar-refractivity contribution in [3.8, 4) is 0 Å². The molecule has 1 aromatic rings. The second kappa shape index (κ2) is 5.89. The first-order valence-corrected chi connectivity index (χ1v) is 5.67. The van der Waals surface area contributed by atoms with Crippen LogP contribution in [0, 0.1) is 11.6 Å². The fraction of sp³-hybridized carbons (Fsp3) is 0.250. The number of ketones is 1. The van der Waals surface area contributed by atoms with Gasteiger partial charge < -0.3 is 0 Å². The van der Waals surface area contributed by atoms with Gasteiger partial charge in [0.15, 0.2) is 5.78 Å². The van der Waals surface area contributed by atoms with Crippen LogP contribution in [-0.2, 0) is 11.2 Å². The molecule has 0 saturated heterocycles. The highest BCUT2D eigenvalue weighted by Crippen LogP contribution is 2.22. The van der Waals surface area contributed by atoms with Crippen molar-refractivity contribution in [1.29, 1.82) is 0 Å². The molecule has 4 heteroatoms. The molecule has 1 nitrogen and oxygen atoms in total. The van der Waals surface area contributed by atoms with Crippen molar-refractivity contribution >= 4 is 21.7 Å². The molecule has 0 bridgehead atoms. The van der Waals surface area contributed by atoms with E-state index in [1.165, 1.54) is 12.1 Å². The van der Waals surface area contributed by atoms with Crippen LogP contribution in [0.5, 0.6) is 0 Å². The zero-order valence-electron chi connectivity index (χ0n) is 8.77. The molecule has 0 radical (unpaired) electrons. The summed E-state index contributed by atoms with van der Waals surface area (Å²) in [6.45, 7) is 1.88. The summed E-state index contributed by atoms with van der Waals surface area (Å²) in [5.41, 5.74) is -0.194. The maximum absolute atomic E-state index is 13.5. The van der Waals surface area contributed by atoms with Gasteiger partial charge in [0, 0.05) is 12.0 Å². The van der Waals surface area contributed by atoms with Gasteiger partial charge in [0.05, 0.1) is 4.47 Å². The summed E-state index contributed by atoms with van der Waals surface area (Å²) in [7, 11) is 0. The fourth-order valence-electron chi connectivity index (χ4n) is 1.21. The molecule has 0 amide bonds. The summed E-state index contributed by atoms with van der Waals surface area (Å²) in [5, 5.41) is 0. The van der Waals surface area contributed by atoms with Gasteiger partial charge in [-0.25, -0.2) is 8.78 Å². The Morgan fingerprint density at radius 1 is 1.44 bits per heavy atom. The van der Waals surface area contributed by atoms with Gasteiger partial charge in [-0.15, -0.1) is 0 Å². The molecule has 0 aliphatic heterocycles. The Labute approximate surface area is 101 Å². The minimum absolute atomic E-state index is 0.163. The molecule has 1 aromatic carbocycles. The van der Waals surface area contributed by atoms with Crippen molar-refractivity contribution in [2.45, 2.75) is 19.8 Å². The van der Waals surface area contributed by atoms with E-state index in [9.17, 15) is 13.6 Å². The summed E-state index contributed by atoms with van der Waals surface area (Å²) in [5.74, 6) is -1.71. The Morgan fingerprint density at radius 3 is 2.75 bits per heavy atom. The van der Waals surface area contributed by atoms with Gasteiger partial charge in [-0.1, -0.05) is 13.0 Å². The Morgan fingerprint density at radius 2 is 2.12 bits per heavy atom. The van der Waals surface area contributed by atoms with E-state index in [1.807, 2.05) is 6.92 Å². The smallest absolute Gasteiger partial charge is 0.159 e. The van der Waals surface area contributed by atoms with Crippen LogP contribution >= 0.6 is 15.9 Å². The monoisotopic (exact) mass is 288 g/mol. The highest BCUT2D eigenvalue weighted by Gasteiger charge is 2.14. The fourth-order valence-corrected chi connectivity index (χ4v) is 1.59. The van der Waals surface area contributed by atoms with Gasteiger partial charge in [-0.2, -0.15) is 0 Å². The van der Waals surface area contributed by atoms with E-state index < -0.39 is 11.6 Å². The molecule has 0 fully saturated rings. The van der Waals surface area contributed by atoms with Gasteiger partial charge in [0.25, 0.3) is 0 Å². The normalized spacial score (nSPS) is 11.0. The third-order valence-corrected chi connectivity index (χ3v) is 2.64. The van der Waals surface area contributed by atoms with Gasteiger partial charge >= 0.3 is 0 Å². The number of benzene rings is 1. The molecule has 0 N–H and O–H groups in total. The van der Waals surface area contributed by atoms with Crippen LogP contribution in [0.2, 0.25) is 0 Å². The van der Waals surface area contributed by atoms with E-state index in [2.05, 4.69) is 15.9 Å². The molecule has 86 valence electrons. The van der Waals surface area contributed by atoms with Crippen LogP contribution in [0.4, 0.5) is 8.78 Å². The lowest BCUT2D eigenvalue weighted by Crippen LogP contribution is -2.04. The average molecular weight is 289 g/mol. The SMILES string of the molecule is CC/C=C/C(=O)Cc1c(F)ccc(Br)c1F. The van der Waals surface area contributed by atoms with Gasteiger partial charge in [-0.3, -0.25) is 4.79 Å². The zero-order chi connectivity index (χ0) is 12.1. The summed E-state index contributed by atoms with van der Waals surface area (Å²) >= 11 is 2.95. The first-order valence-electron chi connectivity index (χ1n) is 4.88. The molecule has 0 atom stereocenters. The maximum Gasteiger partial charge on any atom is 0.159 e. The third kappa shape index (κ3) is 3.23. The summed E-state index contributed by atoms with van der Waals surface area (Å²) in [6.07, 6.45) is 3.47.